The number of methoxy groups -OCH3 is 1. The molecular formula is C15H15N3O5. The van der Waals surface area contributed by atoms with Crippen LogP contribution in [0, 0.1) is 0 Å². The summed E-state index contributed by atoms with van der Waals surface area (Å²) in [6.07, 6.45) is 0.274. The number of nitrogens with one attached hydrogen (secondary N) is 3. The van der Waals surface area contributed by atoms with Crippen LogP contribution in [0.3, 0.4) is 0 Å². The Labute approximate surface area is 130 Å². The van der Waals surface area contributed by atoms with Gasteiger partial charge in [-0.15, -0.1) is 0 Å². The zero-order valence-electron chi connectivity index (χ0n) is 12.4. The number of ether oxygens (including phenoxy) is 2. The second-order valence-corrected chi connectivity index (χ2v) is 5.07. The van der Waals surface area contributed by atoms with Crippen LogP contribution in [-0.4, -0.2) is 36.1 Å². The molecule has 1 amide bonds. The number of carbonyl (C=O) groups excluding carboxylic acids is 1. The van der Waals surface area contributed by atoms with Gasteiger partial charge in [0.1, 0.15) is 5.75 Å². The van der Waals surface area contributed by atoms with Crippen molar-refractivity contribution < 1.29 is 14.3 Å². The van der Waals surface area contributed by atoms with E-state index in [1.165, 1.54) is 0 Å². The number of rotatable bonds is 4. The molecule has 0 aliphatic carbocycles. The highest BCUT2D eigenvalue weighted by molar-refractivity contribution is 5.94. The smallest absolute Gasteiger partial charge is 0.328 e. The number of amides is 1. The fourth-order valence-corrected chi connectivity index (χ4v) is 2.37. The first-order chi connectivity index (χ1) is 11.1. The van der Waals surface area contributed by atoms with Gasteiger partial charge < -0.3 is 14.8 Å². The Morgan fingerprint density at radius 3 is 2.96 bits per heavy atom. The van der Waals surface area contributed by atoms with Crippen LogP contribution in [0.25, 0.3) is 0 Å². The molecule has 0 radical (unpaired) electrons. The van der Waals surface area contributed by atoms with E-state index in [0.717, 1.165) is 0 Å². The van der Waals surface area contributed by atoms with Crippen LogP contribution < -0.4 is 21.3 Å². The quantitative estimate of drug-likeness (QED) is 0.592. The van der Waals surface area contributed by atoms with Gasteiger partial charge in [0.2, 0.25) is 5.88 Å². The molecule has 1 aliphatic heterocycles. The van der Waals surface area contributed by atoms with Crippen molar-refractivity contribution in [3.8, 4) is 11.6 Å². The third kappa shape index (κ3) is 3.02. The molecule has 2 aromatic rings. The number of hydrogen-bond donors (Lipinski definition) is 3. The van der Waals surface area contributed by atoms with E-state index in [2.05, 4.69) is 15.3 Å². The molecule has 120 valence electrons. The average Bonchev–Trinajstić information content (AvgIpc) is 2.53. The van der Waals surface area contributed by atoms with Crippen molar-refractivity contribution in [2.75, 3.05) is 20.3 Å². The summed E-state index contributed by atoms with van der Waals surface area (Å²) in [6, 6.07) is 4.94. The summed E-state index contributed by atoms with van der Waals surface area (Å²) in [7, 11) is 1.56. The summed E-state index contributed by atoms with van der Waals surface area (Å²) in [5, 5.41) is 2.72. The maximum atomic E-state index is 12.0. The molecule has 0 saturated carbocycles. The molecule has 3 rings (SSSR count). The molecule has 1 aliphatic rings. The third-order valence-corrected chi connectivity index (χ3v) is 3.50. The molecule has 0 fully saturated rings. The average molecular weight is 317 g/mol. The van der Waals surface area contributed by atoms with Crippen LogP contribution in [-0.2, 0) is 11.2 Å². The standard InChI is InChI=1S/C15H15N3O5/c1-22-5-4-16-12(19)8-2-3-11-9(6-8)7-10-13(20)17-15(21)18-14(10)23-11/h2-3,6H,4-5,7H2,1H3,(H,16,19)(H2,17,18,20,21). The van der Waals surface area contributed by atoms with Crippen molar-refractivity contribution in [1.82, 2.24) is 15.3 Å². The third-order valence-electron chi connectivity index (χ3n) is 3.50. The lowest BCUT2D eigenvalue weighted by Gasteiger charge is -2.19. The molecule has 0 spiro atoms. The lowest BCUT2D eigenvalue weighted by Crippen LogP contribution is -2.29. The van der Waals surface area contributed by atoms with Crippen molar-refractivity contribution in [1.29, 1.82) is 0 Å². The summed E-state index contributed by atoms with van der Waals surface area (Å²) >= 11 is 0. The summed E-state index contributed by atoms with van der Waals surface area (Å²) in [4.78, 5) is 39.8. The van der Waals surface area contributed by atoms with E-state index in [9.17, 15) is 14.4 Å². The van der Waals surface area contributed by atoms with E-state index in [1.807, 2.05) is 0 Å². The maximum absolute atomic E-state index is 12.0. The van der Waals surface area contributed by atoms with Crippen molar-refractivity contribution >= 4 is 5.91 Å². The van der Waals surface area contributed by atoms with Crippen molar-refractivity contribution in [3.05, 3.63) is 55.7 Å². The first kappa shape index (κ1) is 15.0. The highest BCUT2D eigenvalue weighted by atomic mass is 16.5. The van der Waals surface area contributed by atoms with Gasteiger partial charge in [0.15, 0.2) is 0 Å². The van der Waals surface area contributed by atoms with E-state index in [-0.39, 0.29) is 18.2 Å². The minimum atomic E-state index is -0.619. The minimum Gasteiger partial charge on any atom is -0.440 e. The van der Waals surface area contributed by atoms with Gasteiger partial charge in [0, 0.05) is 31.2 Å². The van der Waals surface area contributed by atoms with Crippen LogP contribution >= 0.6 is 0 Å². The Hall–Kier alpha value is -2.87. The van der Waals surface area contributed by atoms with Gasteiger partial charge in [-0.1, -0.05) is 0 Å². The number of carbonyl (C=O) groups is 1. The summed E-state index contributed by atoms with van der Waals surface area (Å²) in [6.45, 7) is 0.836. The lowest BCUT2D eigenvalue weighted by molar-refractivity contribution is 0.0937. The number of benzene rings is 1. The van der Waals surface area contributed by atoms with Gasteiger partial charge >= 0.3 is 5.69 Å². The fourth-order valence-electron chi connectivity index (χ4n) is 2.37. The summed E-state index contributed by atoms with van der Waals surface area (Å²) < 4.78 is 10.4. The first-order valence-electron chi connectivity index (χ1n) is 7.02. The number of fused-ring (bicyclic) bond motifs is 2. The Kier molecular flexibility index (Phi) is 3.98. The second-order valence-electron chi connectivity index (χ2n) is 5.07. The van der Waals surface area contributed by atoms with Crippen LogP contribution in [0.2, 0.25) is 0 Å². The van der Waals surface area contributed by atoms with Crippen LogP contribution in [0.4, 0.5) is 0 Å². The molecule has 0 saturated heterocycles. The van der Waals surface area contributed by atoms with Crippen molar-refractivity contribution in [2.24, 2.45) is 0 Å². The van der Waals surface area contributed by atoms with E-state index in [0.29, 0.717) is 35.6 Å². The molecule has 0 bridgehead atoms. The molecule has 23 heavy (non-hydrogen) atoms. The molecule has 8 nitrogen and oxygen atoms in total. The van der Waals surface area contributed by atoms with Gasteiger partial charge in [-0.2, -0.15) is 0 Å². The normalized spacial score (nSPS) is 12.0. The minimum absolute atomic E-state index is 0.142. The topological polar surface area (TPSA) is 113 Å². The molecule has 2 heterocycles. The largest absolute Gasteiger partial charge is 0.440 e. The van der Waals surface area contributed by atoms with E-state index in [4.69, 9.17) is 9.47 Å². The van der Waals surface area contributed by atoms with Crippen LogP contribution in [0.5, 0.6) is 11.6 Å². The zero-order chi connectivity index (χ0) is 16.4. The van der Waals surface area contributed by atoms with Gasteiger partial charge in [-0.3, -0.25) is 19.6 Å². The predicted octanol–water partition coefficient (Wildman–Crippen LogP) is 0.136. The Morgan fingerprint density at radius 1 is 1.35 bits per heavy atom. The Morgan fingerprint density at radius 2 is 2.17 bits per heavy atom. The molecule has 3 N–H and O–H groups in total. The zero-order valence-corrected chi connectivity index (χ0v) is 12.4. The van der Waals surface area contributed by atoms with E-state index in [1.54, 1.807) is 25.3 Å². The van der Waals surface area contributed by atoms with Gasteiger partial charge in [-0.25, -0.2) is 4.79 Å². The molecular weight excluding hydrogens is 302 g/mol. The van der Waals surface area contributed by atoms with Crippen LogP contribution in [0.1, 0.15) is 21.5 Å². The summed E-state index contributed by atoms with van der Waals surface area (Å²) in [5.41, 5.74) is 0.381. The highest BCUT2D eigenvalue weighted by Gasteiger charge is 2.22. The fraction of sp³-hybridized carbons (Fsp3) is 0.267. The van der Waals surface area contributed by atoms with Gasteiger partial charge in [0.25, 0.3) is 11.5 Å². The number of aromatic nitrogens is 2. The number of hydrogen-bond acceptors (Lipinski definition) is 5. The predicted molar refractivity (Wildman–Crippen MR) is 81.2 cm³/mol. The molecule has 8 heteroatoms. The van der Waals surface area contributed by atoms with Crippen LogP contribution in [0.15, 0.2) is 27.8 Å². The lowest BCUT2D eigenvalue weighted by atomic mass is 10.0. The summed E-state index contributed by atoms with van der Waals surface area (Å²) in [5.74, 6) is 0.418. The Bertz CT molecular complexity index is 868. The first-order valence-corrected chi connectivity index (χ1v) is 7.02. The second kappa shape index (κ2) is 6.09. The molecule has 0 atom stereocenters. The van der Waals surface area contributed by atoms with E-state index >= 15 is 0 Å². The van der Waals surface area contributed by atoms with Gasteiger partial charge in [0.05, 0.1) is 12.2 Å². The van der Waals surface area contributed by atoms with Crippen molar-refractivity contribution in [3.63, 3.8) is 0 Å². The molecule has 1 aromatic heterocycles. The number of aromatic amines is 2. The monoisotopic (exact) mass is 317 g/mol. The van der Waals surface area contributed by atoms with E-state index < -0.39 is 11.2 Å². The SMILES string of the molecule is COCCNC(=O)c1ccc2c(c1)Cc1c([nH]c(=O)[nH]c1=O)O2. The van der Waals surface area contributed by atoms with Crippen molar-refractivity contribution in [2.45, 2.75) is 6.42 Å². The maximum Gasteiger partial charge on any atom is 0.328 e. The van der Waals surface area contributed by atoms with Gasteiger partial charge in [-0.05, 0) is 18.2 Å². The Balaban J connectivity index is 1.87. The number of H-pyrrole nitrogens is 2. The molecule has 1 aromatic carbocycles. The molecule has 0 unspecified atom stereocenters. The highest BCUT2D eigenvalue weighted by Crippen LogP contribution is 2.33.